The van der Waals surface area contributed by atoms with Crippen LogP contribution in [0.3, 0.4) is 0 Å². The number of hydrogen-bond acceptors (Lipinski definition) is 6. The summed E-state index contributed by atoms with van der Waals surface area (Å²) >= 11 is 12.0. The Morgan fingerprint density at radius 3 is 2.51 bits per heavy atom. The average Bonchev–Trinajstić information content (AvgIpc) is 3.11. The van der Waals surface area contributed by atoms with Crippen LogP contribution in [0.2, 0.25) is 5.02 Å². The fraction of sp³-hybridized carbons (Fsp3) is 0.444. The molecule has 0 bridgehead atoms. The second kappa shape index (κ2) is 12.7. The number of likely N-dealkylation sites (N-methyl/N-ethyl adjacent to an activating group) is 1. The van der Waals surface area contributed by atoms with Crippen LogP contribution >= 0.6 is 23.8 Å². The van der Waals surface area contributed by atoms with Gasteiger partial charge in [0.05, 0.1) is 18.7 Å². The van der Waals surface area contributed by atoms with Crippen LogP contribution in [-0.4, -0.2) is 90.6 Å². The Labute approximate surface area is 229 Å². The minimum absolute atomic E-state index is 0.00708. The Bertz CT molecular complexity index is 1110. The highest BCUT2D eigenvalue weighted by molar-refractivity contribution is 7.80. The lowest BCUT2D eigenvalue weighted by Gasteiger charge is -2.34. The van der Waals surface area contributed by atoms with Gasteiger partial charge in [-0.1, -0.05) is 24.6 Å². The molecule has 2 aliphatic heterocycles. The van der Waals surface area contributed by atoms with Gasteiger partial charge in [-0.05, 0) is 68.2 Å². The molecule has 4 rings (SSSR count). The number of thiocarbonyl (C=S) groups is 1. The first-order valence-electron chi connectivity index (χ1n) is 12.7. The number of carbonyl (C=O) groups is 2. The summed E-state index contributed by atoms with van der Waals surface area (Å²) in [4.78, 5) is 34.7. The molecule has 1 atom stereocenters. The number of piperazine rings is 1. The Kier molecular flexibility index (Phi) is 9.37. The van der Waals surface area contributed by atoms with E-state index in [-0.39, 0.29) is 18.2 Å². The molecule has 0 aliphatic carbocycles. The third kappa shape index (κ3) is 6.98. The van der Waals surface area contributed by atoms with E-state index >= 15 is 0 Å². The van der Waals surface area contributed by atoms with Crippen molar-refractivity contribution in [3.8, 4) is 5.75 Å². The topological polar surface area (TPSA) is 68.4 Å². The zero-order valence-corrected chi connectivity index (χ0v) is 22.9. The SMILES string of the molecule is CCCOc1ccc(NC(=O)CC2C(=O)N(c3cccc(Cl)c3)C(=S)N2CCN2CCN(C)CC2)cc1. The van der Waals surface area contributed by atoms with Gasteiger partial charge in [-0.25, -0.2) is 0 Å². The lowest BCUT2D eigenvalue weighted by molar-refractivity contribution is -0.124. The summed E-state index contributed by atoms with van der Waals surface area (Å²) in [6.07, 6.45) is 0.917. The van der Waals surface area contributed by atoms with Gasteiger partial charge < -0.3 is 19.9 Å². The zero-order chi connectivity index (χ0) is 26.4. The summed E-state index contributed by atoms with van der Waals surface area (Å²) in [5, 5.41) is 3.83. The van der Waals surface area contributed by atoms with Gasteiger partial charge in [0, 0.05) is 50.0 Å². The maximum Gasteiger partial charge on any atom is 0.256 e. The van der Waals surface area contributed by atoms with Crippen LogP contribution in [-0.2, 0) is 9.59 Å². The number of amides is 2. The first-order chi connectivity index (χ1) is 17.9. The number of anilines is 2. The number of rotatable bonds is 10. The van der Waals surface area contributed by atoms with E-state index in [4.69, 9.17) is 28.6 Å². The number of nitrogens with zero attached hydrogens (tertiary/aromatic N) is 4. The van der Waals surface area contributed by atoms with E-state index in [0.29, 0.717) is 34.7 Å². The van der Waals surface area contributed by atoms with Gasteiger partial charge >= 0.3 is 0 Å². The van der Waals surface area contributed by atoms with Crippen LogP contribution in [0.4, 0.5) is 11.4 Å². The van der Waals surface area contributed by atoms with Crippen LogP contribution < -0.4 is 15.0 Å². The van der Waals surface area contributed by atoms with Crippen LogP contribution in [0.5, 0.6) is 5.75 Å². The predicted molar refractivity (Wildman–Crippen MR) is 151 cm³/mol. The van der Waals surface area contributed by atoms with E-state index in [0.717, 1.165) is 44.9 Å². The van der Waals surface area contributed by atoms with E-state index in [1.165, 1.54) is 4.90 Å². The molecule has 2 aliphatic rings. The molecule has 0 radical (unpaired) electrons. The first-order valence-corrected chi connectivity index (χ1v) is 13.5. The smallest absolute Gasteiger partial charge is 0.256 e. The fourth-order valence-electron chi connectivity index (χ4n) is 4.50. The normalized spacial score (nSPS) is 18.9. The minimum Gasteiger partial charge on any atom is -0.494 e. The largest absolute Gasteiger partial charge is 0.494 e. The summed E-state index contributed by atoms with van der Waals surface area (Å²) in [7, 11) is 2.12. The van der Waals surface area contributed by atoms with E-state index in [9.17, 15) is 9.59 Å². The van der Waals surface area contributed by atoms with Crippen molar-refractivity contribution in [3.05, 3.63) is 53.6 Å². The highest BCUT2D eigenvalue weighted by Gasteiger charge is 2.44. The van der Waals surface area contributed by atoms with Crippen LogP contribution in [0.15, 0.2) is 48.5 Å². The lowest BCUT2D eigenvalue weighted by atomic mass is 10.1. The number of hydrogen-bond donors (Lipinski definition) is 1. The Hall–Kier alpha value is -2.72. The number of nitrogens with one attached hydrogen (secondary N) is 1. The summed E-state index contributed by atoms with van der Waals surface area (Å²) in [6.45, 7) is 7.96. The van der Waals surface area contributed by atoms with E-state index < -0.39 is 6.04 Å². The third-order valence-corrected chi connectivity index (χ3v) is 7.28. The molecule has 1 unspecified atom stereocenters. The minimum atomic E-state index is -0.689. The summed E-state index contributed by atoms with van der Waals surface area (Å²) in [5.74, 6) is 0.286. The lowest BCUT2D eigenvalue weighted by Crippen LogP contribution is -2.48. The molecular formula is C27H34ClN5O3S. The van der Waals surface area contributed by atoms with Gasteiger partial charge in [-0.2, -0.15) is 0 Å². The van der Waals surface area contributed by atoms with Gasteiger partial charge in [-0.15, -0.1) is 0 Å². The van der Waals surface area contributed by atoms with E-state index in [2.05, 4.69) is 22.2 Å². The predicted octanol–water partition coefficient (Wildman–Crippen LogP) is 3.71. The standard InChI is InChI=1S/C27H34ClN5O3S/c1-3-17-36-23-9-7-21(8-10-23)29-25(34)19-24-26(35)33(22-6-4-5-20(28)18-22)27(37)32(24)16-15-31-13-11-30(2)12-14-31/h4-10,18,24H,3,11-17,19H2,1-2H3,(H,29,34). The van der Waals surface area contributed by atoms with Crippen LogP contribution in [0.25, 0.3) is 0 Å². The van der Waals surface area contributed by atoms with E-state index in [1.807, 2.05) is 24.0 Å². The molecule has 2 aromatic rings. The maximum absolute atomic E-state index is 13.6. The van der Waals surface area contributed by atoms with Gasteiger partial charge in [-0.3, -0.25) is 19.4 Å². The molecule has 1 N–H and O–H groups in total. The van der Waals surface area contributed by atoms with Crippen molar-refractivity contribution in [1.82, 2.24) is 14.7 Å². The molecule has 0 saturated carbocycles. The number of ether oxygens (including phenoxy) is 1. The highest BCUT2D eigenvalue weighted by Crippen LogP contribution is 2.29. The molecule has 2 aromatic carbocycles. The Balaban J connectivity index is 1.46. The van der Waals surface area contributed by atoms with Crippen molar-refractivity contribution in [2.24, 2.45) is 0 Å². The molecule has 8 nitrogen and oxygen atoms in total. The molecule has 2 fully saturated rings. The fourth-order valence-corrected chi connectivity index (χ4v) is 5.10. The third-order valence-electron chi connectivity index (χ3n) is 6.63. The number of carbonyl (C=O) groups excluding carboxylic acids is 2. The number of halogens is 1. The van der Waals surface area contributed by atoms with Gasteiger partial charge in [0.2, 0.25) is 5.91 Å². The van der Waals surface area contributed by atoms with Crippen LogP contribution in [0, 0.1) is 0 Å². The summed E-state index contributed by atoms with van der Waals surface area (Å²) in [6, 6.07) is 13.6. The Morgan fingerprint density at radius 2 is 1.84 bits per heavy atom. The maximum atomic E-state index is 13.6. The average molecular weight is 544 g/mol. The molecule has 10 heteroatoms. The van der Waals surface area contributed by atoms with Crippen molar-refractivity contribution >= 4 is 52.1 Å². The van der Waals surface area contributed by atoms with Crippen molar-refractivity contribution in [3.63, 3.8) is 0 Å². The highest BCUT2D eigenvalue weighted by atomic mass is 35.5. The van der Waals surface area contributed by atoms with Crippen molar-refractivity contribution in [1.29, 1.82) is 0 Å². The molecule has 37 heavy (non-hydrogen) atoms. The van der Waals surface area contributed by atoms with E-state index in [1.54, 1.807) is 36.4 Å². The van der Waals surface area contributed by atoms with Gasteiger partial charge in [0.25, 0.3) is 5.91 Å². The van der Waals surface area contributed by atoms with Crippen LogP contribution in [0.1, 0.15) is 19.8 Å². The van der Waals surface area contributed by atoms with Gasteiger partial charge in [0.1, 0.15) is 11.8 Å². The first kappa shape index (κ1) is 27.3. The van der Waals surface area contributed by atoms with Crippen molar-refractivity contribution < 1.29 is 14.3 Å². The summed E-state index contributed by atoms with van der Waals surface area (Å²) < 4.78 is 5.61. The zero-order valence-electron chi connectivity index (χ0n) is 21.4. The monoisotopic (exact) mass is 543 g/mol. The summed E-state index contributed by atoms with van der Waals surface area (Å²) in [5.41, 5.74) is 1.26. The molecule has 2 saturated heterocycles. The molecule has 0 spiro atoms. The molecular weight excluding hydrogens is 510 g/mol. The molecule has 2 heterocycles. The second-order valence-electron chi connectivity index (χ2n) is 9.42. The second-order valence-corrected chi connectivity index (χ2v) is 10.2. The van der Waals surface area contributed by atoms with Crippen molar-refractivity contribution in [2.45, 2.75) is 25.8 Å². The van der Waals surface area contributed by atoms with Gasteiger partial charge in [0.15, 0.2) is 5.11 Å². The van der Waals surface area contributed by atoms with Crippen molar-refractivity contribution in [2.75, 3.05) is 63.1 Å². The number of benzene rings is 2. The molecule has 0 aromatic heterocycles. The molecule has 2 amide bonds. The molecule has 198 valence electrons. The quantitative estimate of drug-likeness (QED) is 0.458. The Morgan fingerprint density at radius 1 is 1.11 bits per heavy atom.